The Balaban J connectivity index is 2.27. The molecular formula is C17H13NO2. The van der Waals surface area contributed by atoms with Gasteiger partial charge in [0.15, 0.2) is 0 Å². The van der Waals surface area contributed by atoms with Crippen molar-refractivity contribution in [2.24, 2.45) is 0 Å². The van der Waals surface area contributed by atoms with E-state index >= 15 is 0 Å². The first-order valence-electron chi connectivity index (χ1n) is 6.35. The van der Waals surface area contributed by atoms with Crippen molar-refractivity contribution < 1.29 is 9.90 Å². The van der Waals surface area contributed by atoms with Gasteiger partial charge < -0.3 is 5.11 Å². The van der Waals surface area contributed by atoms with E-state index in [9.17, 15) is 9.90 Å². The predicted octanol–water partition coefficient (Wildman–Crippen LogP) is 3.91. The van der Waals surface area contributed by atoms with Crippen LogP contribution in [0.3, 0.4) is 0 Å². The van der Waals surface area contributed by atoms with E-state index in [1.54, 1.807) is 12.1 Å². The third-order valence-electron chi connectivity index (χ3n) is 3.29. The van der Waals surface area contributed by atoms with Crippen LogP contribution >= 0.6 is 0 Å². The maximum atomic E-state index is 11.4. The lowest BCUT2D eigenvalue weighted by atomic mass is 10.0. The molecule has 0 saturated heterocycles. The summed E-state index contributed by atoms with van der Waals surface area (Å²) < 4.78 is 0. The van der Waals surface area contributed by atoms with Crippen molar-refractivity contribution in [1.82, 2.24) is 4.98 Å². The second-order valence-electron chi connectivity index (χ2n) is 4.74. The number of carbonyl (C=O) groups is 1. The SMILES string of the molecule is Cc1ccc(-c2cc(C(=O)O)c3ccccc3n2)cc1. The summed E-state index contributed by atoms with van der Waals surface area (Å²) in [6.45, 7) is 2.01. The number of aromatic nitrogens is 1. The lowest BCUT2D eigenvalue weighted by Gasteiger charge is -2.07. The van der Waals surface area contributed by atoms with Crippen LogP contribution in [-0.4, -0.2) is 16.1 Å². The standard InChI is InChI=1S/C17H13NO2/c1-11-6-8-12(9-7-11)16-10-14(17(19)20)13-4-2-3-5-15(13)18-16/h2-10H,1H3,(H,19,20). The van der Waals surface area contributed by atoms with Crippen LogP contribution in [0.2, 0.25) is 0 Å². The average molecular weight is 263 g/mol. The number of hydrogen-bond donors (Lipinski definition) is 1. The molecule has 1 N–H and O–H groups in total. The molecule has 0 aliphatic rings. The van der Waals surface area contributed by atoms with Crippen LogP contribution < -0.4 is 0 Å². The topological polar surface area (TPSA) is 50.2 Å². The number of aryl methyl sites for hydroxylation is 1. The van der Waals surface area contributed by atoms with Crippen LogP contribution in [-0.2, 0) is 0 Å². The lowest BCUT2D eigenvalue weighted by molar-refractivity contribution is 0.0699. The van der Waals surface area contributed by atoms with Crippen LogP contribution in [0.4, 0.5) is 0 Å². The molecule has 0 fully saturated rings. The van der Waals surface area contributed by atoms with Crippen LogP contribution in [0.25, 0.3) is 22.2 Å². The van der Waals surface area contributed by atoms with Crippen LogP contribution in [0.1, 0.15) is 15.9 Å². The molecule has 3 heteroatoms. The van der Waals surface area contributed by atoms with Crippen molar-refractivity contribution in [3.05, 3.63) is 65.7 Å². The van der Waals surface area contributed by atoms with Crippen molar-refractivity contribution in [1.29, 1.82) is 0 Å². The largest absolute Gasteiger partial charge is 0.478 e. The number of rotatable bonds is 2. The summed E-state index contributed by atoms with van der Waals surface area (Å²) in [4.78, 5) is 16.0. The summed E-state index contributed by atoms with van der Waals surface area (Å²) in [5.74, 6) is -0.933. The van der Waals surface area contributed by atoms with Crippen molar-refractivity contribution in [3.8, 4) is 11.3 Å². The number of para-hydroxylation sites is 1. The van der Waals surface area contributed by atoms with E-state index in [0.717, 1.165) is 11.1 Å². The van der Waals surface area contributed by atoms with Crippen molar-refractivity contribution >= 4 is 16.9 Å². The first-order valence-corrected chi connectivity index (χ1v) is 6.35. The molecular weight excluding hydrogens is 250 g/mol. The molecule has 0 bridgehead atoms. The first-order chi connectivity index (χ1) is 9.65. The summed E-state index contributed by atoms with van der Waals surface area (Å²) in [5.41, 5.74) is 3.74. The Kier molecular flexibility index (Phi) is 2.95. The second kappa shape index (κ2) is 4.78. The molecule has 2 aromatic carbocycles. The van der Waals surface area contributed by atoms with E-state index in [4.69, 9.17) is 0 Å². The molecule has 0 aliphatic carbocycles. The van der Waals surface area contributed by atoms with Gasteiger partial charge in [0.1, 0.15) is 0 Å². The minimum atomic E-state index is -0.933. The Hall–Kier alpha value is -2.68. The van der Waals surface area contributed by atoms with Crippen molar-refractivity contribution in [2.45, 2.75) is 6.92 Å². The van der Waals surface area contributed by atoms with Gasteiger partial charge in [0.25, 0.3) is 0 Å². The summed E-state index contributed by atoms with van der Waals surface area (Å²) in [6, 6.07) is 16.8. The number of fused-ring (bicyclic) bond motifs is 1. The molecule has 3 rings (SSSR count). The number of pyridine rings is 1. The van der Waals surface area contributed by atoms with E-state index < -0.39 is 5.97 Å². The maximum Gasteiger partial charge on any atom is 0.336 e. The van der Waals surface area contributed by atoms with Gasteiger partial charge in [0, 0.05) is 10.9 Å². The van der Waals surface area contributed by atoms with Gasteiger partial charge >= 0.3 is 5.97 Å². The number of nitrogens with zero attached hydrogens (tertiary/aromatic N) is 1. The van der Waals surface area contributed by atoms with Gasteiger partial charge in [-0.2, -0.15) is 0 Å². The Morgan fingerprint density at radius 1 is 1.05 bits per heavy atom. The minimum Gasteiger partial charge on any atom is -0.478 e. The number of carboxylic acid groups (broad SMARTS) is 1. The third-order valence-corrected chi connectivity index (χ3v) is 3.29. The van der Waals surface area contributed by atoms with Gasteiger partial charge in [-0.1, -0.05) is 48.0 Å². The molecule has 1 heterocycles. The molecule has 3 aromatic rings. The molecule has 98 valence electrons. The van der Waals surface area contributed by atoms with E-state index in [2.05, 4.69) is 4.98 Å². The average Bonchev–Trinajstić information content (AvgIpc) is 2.46. The number of aromatic carboxylic acids is 1. The zero-order chi connectivity index (χ0) is 14.1. The summed E-state index contributed by atoms with van der Waals surface area (Å²) in [5, 5.41) is 10.0. The Morgan fingerprint density at radius 3 is 2.45 bits per heavy atom. The fourth-order valence-electron chi connectivity index (χ4n) is 2.22. The Labute approximate surface area is 116 Å². The Morgan fingerprint density at radius 2 is 1.75 bits per heavy atom. The van der Waals surface area contributed by atoms with Gasteiger partial charge in [-0.05, 0) is 19.1 Å². The van der Waals surface area contributed by atoms with Crippen LogP contribution in [0.5, 0.6) is 0 Å². The second-order valence-corrected chi connectivity index (χ2v) is 4.74. The maximum absolute atomic E-state index is 11.4. The van der Waals surface area contributed by atoms with E-state index in [1.807, 2.05) is 49.4 Å². The van der Waals surface area contributed by atoms with Gasteiger partial charge in [0.2, 0.25) is 0 Å². The fraction of sp³-hybridized carbons (Fsp3) is 0.0588. The molecule has 0 radical (unpaired) electrons. The quantitative estimate of drug-likeness (QED) is 0.762. The number of carboxylic acids is 1. The van der Waals surface area contributed by atoms with E-state index in [-0.39, 0.29) is 5.56 Å². The summed E-state index contributed by atoms with van der Waals surface area (Å²) >= 11 is 0. The van der Waals surface area contributed by atoms with Crippen LogP contribution in [0, 0.1) is 6.92 Å². The molecule has 1 aromatic heterocycles. The smallest absolute Gasteiger partial charge is 0.336 e. The molecule has 0 aliphatic heterocycles. The lowest BCUT2D eigenvalue weighted by Crippen LogP contribution is -2.00. The van der Waals surface area contributed by atoms with Crippen LogP contribution in [0.15, 0.2) is 54.6 Å². The van der Waals surface area contributed by atoms with E-state index in [1.165, 1.54) is 0 Å². The Bertz CT molecular complexity index is 792. The zero-order valence-electron chi connectivity index (χ0n) is 11.0. The molecule has 20 heavy (non-hydrogen) atoms. The predicted molar refractivity (Wildman–Crippen MR) is 78.9 cm³/mol. The third kappa shape index (κ3) is 2.14. The fourth-order valence-corrected chi connectivity index (χ4v) is 2.22. The molecule has 0 spiro atoms. The highest BCUT2D eigenvalue weighted by Gasteiger charge is 2.12. The highest BCUT2D eigenvalue weighted by molar-refractivity contribution is 6.03. The highest BCUT2D eigenvalue weighted by Crippen LogP contribution is 2.25. The molecule has 3 nitrogen and oxygen atoms in total. The van der Waals surface area contributed by atoms with Gasteiger partial charge in [-0.15, -0.1) is 0 Å². The first kappa shape index (κ1) is 12.4. The number of hydrogen-bond acceptors (Lipinski definition) is 2. The van der Waals surface area contributed by atoms with Gasteiger partial charge in [-0.25, -0.2) is 9.78 Å². The van der Waals surface area contributed by atoms with E-state index in [0.29, 0.717) is 16.6 Å². The summed E-state index contributed by atoms with van der Waals surface area (Å²) in [6.07, 6.45) is 0. The monoisotopic (exact) mass is 263 g/mol. The van der Waals surface area contributed by atoms with Crippen molar-refractivity contribution in [3.63, 3.8) is 0 Å². The summed E-state index contributed by atoms with van der Waals surface area (Å²) in [7, 11) is 0. The molecule has 0 atom stereocenters. The number of benzene rings is 2. The minimum absolute atomic E-state index is 0.283. The van der Waals surface area contributed by atoms with Gasteiger partial charge in [0.05, 0.1) is 16.8 Å². The zero-order valence-corrected chi connectivity index (χ0v) is 11.0. The molecule has 0 saturated carbocycles. The molecule has 0 amide bonds. The van der Waals surface area contributed by atoms with Gasteiger partial charge in [-0.3, -0.25) is 0 Å². The highest BCUT2D eigenvalue weighted by atomic mass is 16.4. The molecule has 0 unspecified atom stereocenters. The van der Waals surface area contributed by atoms with Crippen molar-refractivity contribution in [2.75, 3.05) is 0 Å². The normalized spacial score (nSPS) is 10.7.